The summed E-state index contributed by atoms with van der Waals surface area (Å²) < 4.78 is 18.3. The molecule has 0 radical (unpaired) electrons. The molecular formula is C14H15ClFNOS. The molecular weight excluding hydrogens is 285 g/mol. The molecule has 102 valence electrons. The van der Waals surface area contributed by atoms with Crippen LogP contribution in [0.25, 0.3) is 0 Å². The number of ether oxygens (including phenoxy) is 1. The van der Waals surface area contributed by atoms with Gasteiger partial charge in [-0.15, -0.1) is 11.3 Å². The molecule has 1 heterocycles. The highest BCUT2D eigenvalue weighted by Crippen LogP contribution is 2.24. The number of nitrogens with one attached hydrogen (secondary N) is 1. The first-order valence-corrected chi connectivity index (χ1v) is 7.24. The van der Waals surface area contributed by atoms with Crippen LogP contribution in [0.15, 0.2) is 29.6 Å². The molecule has 2 aromatic rings. The van der Waals surface area contributed by atoms with Crippen molar-refractivity contribution < 1.29 is 9.13 Å². The molecule has 1 aromatic carbocycles. The van der Waals surface area contributed by atoms with Gasteiger partial charge < -0.3 is 10.1 Å². The molecule has 0 atom stereocenters. The third kappa shape index (κ3) is 4.20. The minimum absolute atomic E-state index is 0.300. The van der Waals surface area contributed by atoms with E-state index in [0.717, 1.165) is 6.54 Å². The molecule has 0 aliphatic heterocycles. The minimum Gasteiger partial charge on any atom is -0.491 e. The van der Waals surface area contributed by atoms with E-state index in [2.05, 4.69) is 23.7 Å². The van der Waals surface area contributed by atoms with Gasteiger partial charge >= 0.3 is 0 Å². The third-order valence-electron chi connectivity index (χ3n) is 2.68. The molecule has 0 unspecified atom stereocenters. The molecule has 0 aliphatic carbocycles. The average molecular weight is 300 g/mol. The maximum absolute atomic E-state index is 12.8. The summed E-state index contributed by atoms with van der Waals surface area (Å²) in [5, 5.41) is 5.68. The lowest BCUT2D eigenvalue weighted by Crippen LogP contribution is -2.20. The van der Waals surface area contributed by atoms with Gasteiger partial charge in [0.2, 0.25) is 0 Å². The van der Waals surface area contributed by atoms with Crippen molar-refractivity contribution in [1.29, 1.82) is 0 Å². The van der Waals surface area contributed by atoms with Crippen LogP contribution in [0.1, 0.15) is 10.4 Å². The Kier molecular flexibility index (Phi) is 5.19. The molecule has 0 spiro atoms. The van der Waals surface area contributed by atoms with Gasteiger partial charge in [0.25, 0.3) is 0 Å². The Morgan fingerprint density at radius 1 is 1.37 bits per heavy atom. The summed E-state index contributed by atoms with van der Waals surface area (Å²) in [4.78, 5) is 1.33. The number of rotatable bonds is 6. The van der Waals surface area contributed by atoms with Crippen molar-refractivity contribution in [3.63, 3.8) is 0 Å². The number of hydrogen-bond acceptors (Lipinski definition) is 3. The maximum atomic E-state index is 12.8. The Morgan fingerprint density at radius 2 is 2.21 bits per heavy atom. The predicted molar refractivity (Wildman–Crippen MR) is 77.7 cm³/mol. The summed E-state index contributed by atoms with van der Waals surface area (Å²) in [5.41, 5.74) is 1.31. The maximum Gasteiger partial charge on any atom is 0.138 e. The second-order valence-corrected chi connectivity index (χ2v) is 5.53. The van der Waals surface area contributed by atoms with E-state index in [-0.39, 0.29) is 5.82 Å². The highest BCUT2D eigenvalue weighted by Gasteiger charge is 2.03. The normalized spacial score (nSPS) is 10.7. The third-order valence-corrected chi connectivity index (χ3v) is 4.00. The van der Waals surface area contributed by atoms with Crippen molar-refractivity contribution in [2.45, 2.75) is 13.5 Å². The van der Waals surface area contributed by atoms with Crippen LogP contribution >= 0.6 is 22.9 Å². The van der Waals surface area contributed by atoms with Gasteiger partial charge in [0.05, 0.1) is 5.02 Å². The highest BCUT2D eigenvalue weighted by atomic mass is 35.5. The van der Waals surface area contributed by atoms with Crippen LogP contribution in [-0.4, -0.2) is 13.2 Å². The molecule has 5 heteroatoms. The van der Waals surface area contributed by atoms with Crippen LogP contribution < -0.4 is 10.1 Å². The lowest BCUT2D eigenvalue weighted by molar-refractivity contribution is 0.313. The van der Waals surface area contributed by atoms with Crippen molar-refractivity contribution >= 4 is 22.9 Å². The van der Waals surface area contributed by atoms with Crippen molar-refractivity contribution in [3.05, 3.63) is 50.9 Å². The molecule has 0 aliphatic rings. The first kappa shape index (κ1) is 14.3. The summed E-state index contributed by atoms with van der Waals surface area (Å²) >= 11 is 7.60. The second-order valence-electron chi connectivity index (χ2n) is 4.13. The topological polar surface area (TPSA) is 21.3 Å². The van der Waals surface area contributed by atoms with Crippen LogP contribution in [-0.2, 0) is 6.54 Å². The van der Waals surface area contributed by atoms with Crippen molar-refractivity contribution in [2.24, 2.45) is 0 Å². The summed E-state index contributed by atoms with van der Waals surface area (Å²) in [6, 6.07) is 6.24. The molecule has 0 bridgehead atoms. The van der Waals surface area contributed by atoms with Gasteiger partial charge in [0.15, 0.2) is 0 Å². The van der Waals surface area contributed by atoms with E-state index < -0.39 is 0 Å². The standard InChI is InChI=1S/C14H15ClFNOS/c1-10-4-7-19-14(10)9-17-5-6-18-13-3-2-11(16)8-12(13)15/h2-4,7-8,17H,5-6,9H2,1H3. The van der Waals surface area contributed by atoms with E-state index in [0.29, 0.717) is 23.9 Å². The SMILES string of the molecule is Cc1ccsc1CNCCOc1ccc(F)cc1Cl. The number of benzene rings is 1. The first-order valence-electron chi connectivity index (χ1n) is 5.98. The Bertz CT molecular complexity index is 544. The number of hydrogen-bond donors (Lipinski definition) is 1. The number of aryl methyl sites for hydroxylation is 1. The van der Waals surface area contributed by atoms with E-state index in [9.17, 15) is 4.39 Å². The predicted octanol–water partition coefficient (Wildman–Crippen LogP) is 4.02. The summed E-state index contributed by atoms with van der Waals surface area (Å²) in [7, 11) is 0. The van der Waals surface area contributed by atoms with Crippen LogP contribution in [0.2, 0.25) is 5.02 Å². The van der Waals surface area contributed by atoms with Gasteiger partial charge in [-0.3, -0.25) is 0 Å². The van der Waals surface area contributed by atoms with Crippen LogP contribution in [0, 0.1) is 12.7 Å². The van der Waals surface area contributed by atoms with Crippen LogP contribution in [0.5, 0.6) is 5.75 Å². The largest absolute Gasteiger partial charge is 0.491 e. The van der Waals surface area contributed by atoms with Gasteiger partial charge in [0, 0.05) is 18.0 Å². The fraction of sp³-hybridized carbons (Fsp3) is 0.286. The van der Waals surface area contributed by atoms with E-state index in [1.807, 2.05) is 0 Å². The van der Waals surface area contributed by atoms with Gasteiger partial charge in [-0.2, -0.15) is 0 Å². The van der Waals surface area contributed by atoms with Gasteiger partial charge in [-0.1, -0.05) is 11.6 Å². The minimum atomic E-state index is -0.358. The average Bonchev–Trinajstić information content (AvgIpc) is 2.77. The lowest BCUT2D eigenvalue weighted by atomic mass is 10.3. The number of halogens is 2. The molecule has 2 rings (SSSR count). The van der Waals surface area contributed by atoms with E-state index in [1.54, 1.807) is 17.4 Å². The zero-order chi connectivity index (χ0) is 13.7. The molecule has 0 saturated carbocycles. The van der Waals surface area contributed by atoms with Gasteiger partial charge in [-0.05, 0) is 42.1 Å². The zero-order valence-electron chi connectivity index (χ0n) is 10.6. The Morgan fingerprint density at radius 3 is 2.89 bits per heavy atom. The van der Waals surface area contributed by atoms with E-state index in [4.69, 9.17) is 16.3 Å². The molecule has 0 saturated heterocycles. The van der Waals surface area contributed by atoms with Gasteiger partial charge in [0.1, 0.15) is 18.2 Å². The number of thiophene rings is 1. The zero-order valence-corrected chi connectivity index (χ0v) is 12.2. The van der Waals surface area contributed by atoms with Crippen LogP contribution in [0.4, 0.5) is 4.39 Å². The van der Waals surface area contributed by atoms with Gasteiger partial charge in [-0.25, -0.2) is 4.39 Å². The Hall–Kier alpha value is -1.10. The van der Waals surface area contributed by atoms with Crippen molar-refractivity contribution in [2.75, 3.05) is 13.2 Å². The molecule has 2 nitrogen and oxygen atoms in total. The molecule has 1 N–H and O–H groups in total. The molecule has 0 amide bonds. The summed E-state index contributed by atoms with van der Waals surface area (Å²) in [6.45, 7) is 4.15. The first-order chi connectivity index (χ1) is 9.16. The monoisotopic (exact) mass is 299 g/mol. The fourth-order valence-corrected chi connectivity index (χ4v) is 2.71. The lowest BCUT2D eigenvalue weighted by Gasteiger charge is -2.08. The molecule has 0 fully saturated rings. The smallest absolute Gasteiger partial charge is 0.138 e. The Labute approximate surface area is 121 Å². The van der Waals surface area contributed by atoms with E-state index in [1.165, 1.54) is 22.6 Å². The quantitative estimate of drug-likeness (QED) is 0.814. The molecule has 1 aromatic heterocycles. The van der Waals surface area contributed by atoms with Crippen molar-refractivity contribution in [3.8, 4) is 5.75 Å². The summed E-state index contributed by atoms with van der Waals surface area (Å²) in [6.07, 6.45) is 0. The van der Waals surface area contributed by atoms with E-state index >= 15 is 0 Å². The fourth-order valence-electron chi connectivity index (χ4n) is 1.61. The Balaban J connectivity index is 1.71. The summed E-state index contributed by atoms with van der Waals surface area (Å²) in [5.74, 6) is 0.154. The second kappa shape index (κ2) is 6.89. The van der Waals surface area contributed by atoms with Crippen molar-refractivity contribution in [1.82, 2.24) is 5.32 Å². The highest BCUT2D eigenvalue weighted by molar-refractivity contribution is 7.10. The van der Waals surface area contributed by atoms with Crippen LogP contribution in [0.3, 0.4) is 0 Å². The molecule has 19 heavy (non-hydrogen) atoms.